The summed E-state index contributed by atoms with van der Waals surface area (Å²) in [5.41, 5.74) is 10.6. The van der Waals surface area contributed by atoms with Crippen LogP contribution in [0.1, 0.15) is 25.1 Å². The van der Waals surface area contributed by atoms with Gasteiger partial charge in [-0.2, -0.15) is 0 Å². The minimum atomic E-state index is 0.904. The van der Waals surface area contributed by atoms with Crippen LogP contribution in [0.4, 0.5) is 5.69 Å². The highest BCUT2D eigenvalue weighted by Gasteiger charge is 2.06. The molecule has 1 heterocycles. The van der Waals surface area contributed by atoms with E-state index in [-0.39, 0.29) is 0 Å². The fraction of sp³-hybridized carbons (Fsp3) is 0.333. The van der Waals surface area contributed by atoms with Gasteiger partial charge in [0.05, 0.1) is 0 Å². The van der Waals surface area contributed by atoms with Crippen molar-refractivity contribution in [3.05, 3.63) is 29.5 Å². The Morgan fingerprint density at radius 3 is 2.64 bits per heavy atom. The highest BCUT2D eigenvalue weighted by Crippen LogP contribution is 2.25. The highest BCUT2D eigenvalue weighted by molar-refractivity contribution is 5.88. The Balaban J connectivity index is 2.73. The molecular formula is C12H16N2. The van der Waals surface area contributed by atoms with Crippen molar-refractivity contribution >= 4 is 16.6 Å². The Morgan fingerprint density at radius 2 is 2.00 bits per heavy atom. The zero-order chi connectivity index (χ0) is 10.1. The lowest BCUT2D eigenvalue weighted by Gasteiger charge is -2.03. The second kappa shape index (κ2) is 3.37. The van der Waals surface area contributed by atoms with E-state index in [0.29, 0.717) is 0 Å². The van der Waals surface area contributed by atoms with Gasteiger partial charge in [0.1, 0.15) is 0 Å². The van der Waals surface area contributed by atoms with E-state index in [9.17, 15) is 0 Å². The first kappa shape index (κ1) is 9.13. The Labute approximate surface area is 84.1 Å². The van der Waals surface area contributed by atoms with Gasteiger partial charge in [0.15, 0.2) is 0 Å². The Kier molecular flexibility index (Phi) is 2.20. The summed E-state index contributed by atoms with van der Waals surface area (Å²) in [5.74, 6) is 0. The van der Waals surface area contributed by atoms with Crippen LogP contribution in [0.2, 0.25) is 0 Å². The summed E-state index contributed by atoms with van der Waals surface area (Å²) < 4.78 is 0. The lowest BCUT2D eigenvalue weighted by atomic mass is 10.1. The molecule has 0 amide bonds. The van der Waals surface area contributed by atoms with Crippen LogP contribution in [-0.4, -0.2) is 4.98 Å². The van der Waals surface area contributed by atoms with E-state index in [1.54, 1.807) is 0 Å². The molecule has 1 aromatic carbocycles. The van der Waals surface area contributed by atoms with Crippen molar-refractivity contribution in [2.24, 2.45) is 0 Å². The number of hydrogen-bond acceptors (Lipinski definition) is 1. The number of aryl methyl sites for hydroxylation is 2. The van der Waals surface area contributed by atoms with Crippen LogP contribution < -0.4 is 5.73 Å². The zero-order valence-electron chi connectivity index (χ0n) is 8.72. The molecule has 0 aliphatic carbocycles. The van der Waals surface area contributed by atoms with Crippen molar-refractivity contribution in [2.75, 3.05) is 5.73 Å². The van der Waals surface area contributed by atoms with Crippen molar-refractivity contribution in [3.63, 3.8) is 0 Å². The first-order chi connectivity index (χ1) is 6.76. The number of aromatic nitrogens is 1. The Bertz CT molecular complexity index is 455. The van der Waals surface area contributed by atoms with Crippen LogP contribution in [0, 0.1) is 0 Å². The Hall–Kier alpha value is -1.44. The molecule has 74 valence electrons. The molecule has 2 heteroatoms. The molecule has 2 aromatic rings. The van der Waals surface area contributed by atoms with E-state index in [2.05, 4.69) is 31.0 Å². The molecule has 0 aliphatic rings. The molecule has 2 rings (SSSR count). The number of nitrogen functional groups attached to an aromatic ring is 1. The molecule has 0 atom stereocenters. The van der Waals surface area contributed by atoms with Gasteiger partial charge in [0.25, 0.3) is 0 Å². The SMILES string of the molecule is CCc1cc2c(CC)c(N)ccc2[nH]1. The summed E-state index contributed by atoms with van der Waals surface area (Å²) in [7, 11) is 0. The number of anilines is 1. The van der Waals surface area contributed by atoms with E-state index < -0.39 is 0 Å². The predicted octanol–water partition coefficient (Wildman–Crippen LogP) is 2.87. The van der Waals surface area contributed by atoms with E-state index >= 15 is 0 Å². The summed E-state index contributed by atoms with van der Waals surface area (Å²) in [5, 5.41) is 1.28. The van der Waals surface area contributed by atoms with Crippen LogP contribution in [0.3, 0.4) is 0 Å². The van der Waals surface area contributed by atoms with Crippen LogP contribution in [-0.2, 0) is 12.8 Å². The fourth-order valence-corrected chi connectivity index (χ4v) is 1.92. The smallest absolute Gasteiger partial charge is 0.0460 e. The molecular weight excluding hydrogens is 172 g/mol. The number of rotatable bonds is 2. The third-order valence-corrected chi connectivity index (χ3v) is 2.74. The van der Waals surface area contributed by atoms with Crippen molar-refractivity contribution in [1.82, 2.24) is 4.98 Å². The first-order valence-corrected chi connectivity index (χ1v) is 5.15. The van der Waals surface area contributed by atoms with E-state index in [0.717, 1.165) is 18.5 Å². The topological polar surface area (TPSA) is 41.8 Å². The standard InChI is InChI=1S/C12H16N2/c1-3-8-7-10-9(4-2)11(13)5-6-12(10)14-8/h5-7,14H,3-4,13H2,1-2H3. The number of fused-ring (bicyclic) bond motifs is 1. The molecule has 0 bridgehead atoms. The molecule has 0 spiro atoms. The van der Waals surface area contributed by atoms with Crippen LogP contribution >= 0.6 is 0 Å². The summed E-state index contributed by atoms with van der Waals surface area (Å²) in [6.45, 7) is 4.30. The molecule has 1 aromatic heterocycles. The van der Waals surface area contributed by atoms with Crippen LogP contribution in [0.15, 0.2) is 18.2 Å². The molecule has 0 saturated carbocycles. The fourth-order valence-electron chi connectivity index (χ4n) is 1.92. The van der Waals surface area contributed by atoms with Gasteiger partial charge in [-0.3, -0.25) is 0 Å². The summed E-state index contributed by atoms with van der Waals surface area (Å²) in [6.07, 6.45) is 2.03. The second-order valence-corrected chi connectivity index (χ2v) is 3.60. The maximum absolute atomic E-state index is 5.93. The average molecular weight is 188 g/mol. The van der Waals surface area contributed by atoms with Crippen molar-refractivity contribution < 1.29 is 0 Å². The highest BCUT2D eigenvalue weighted by atomic mass is 14.7. The second-order valence-electron chi connectivity index (χ2n) is 3.60. The zero-order valence-corrected chi connectivity index (χ0v) is 8.72. The van der Waals surface area contributed by atoms with E-state index in [4.69, 9.17) is 5.73 Å². The van der Waals surface area contributed by atoms with Crippen molar-refractivity contribution in [1.29, 1.82) is 0 Å². The van der Waals surface area contributed by atoms with Gasteiger partial charge >= 0.3 is 0 Å². The van der Waals surface area contributed by atoms with Crippen LogP contribution in [0.5, 0.6) is 0 Å². The number of nitrogens with two attached hydrogens (primary N) is 1. The average Bonchev–Trinajstić information content (AvgIpc) is 2.60. The summed E-state index contributed by atoms with van der Waals surface area (Å²) in [4.78, 5) is 3.39. The number of benzene rings is 1. The molecule has 0 unspecified atom stereocenters. The van der Waals surface area contributed by atoms with E-state index in [1.807, 2.05) is 6.07 Å². The quantitative estimate of drug-likeness (QED) is 0.699. The van der Waals surface area contributed by atoms with Gasteiger partial charge < -0.3 is 10.7 Å². The van der Waals surface area contributed by atoms with Gasteiger partial charge in [-0.05, 0) is 36.6 Å². The molecule has 0 saturated heterocycles. The number of H-pyrrole nitrogens is 1. The first-order valence-electron chi connectivity index (χ1n) is 5.15. The molecule has 0 fully saturated rings. The maximum Gasteiger partial charge on any atom is 0.0460 e. The van der Waals surface area contributed by atoms with Crippen molar-refractivity contribution in [3.8, 4) is 0 Å². The molecule has 0 aliphatic heterocycles. The monoisotopic (exact) mass is 188 g/mol. The van der Waals surface area contributed by atoms with Gasteiger partial charge in [-0.1, -0.05) is 13.8 Å². The molecule has 14 heavy (non-hydrogen) atoms. The normalized spacial score (nSPS) is 11.0. The predicted molar refractivity (Wildman–Crippen MR) is 61.5 cm³/mol. The minimum Gasteiger partial charge on any atom is -0.398 e. The molecule has 2 nitrogen and oxygen atoms in total. The number of nitrogens with one attached hydrogen (secondary N) is 1. The van der Waals surface area contributed by atoms with Gasteiger partial charge in [-0.25, -0.2) is 0 Å². The lowest BCUT2D eigenvalue weighted by molar-refractivity contribution is 1.07. The maximum atomic E-state index is 5.93. The van der Waals surface area contributed by atoms with E-state index in [1.165, 1.54) is 22.2 Å². The summed E-state index contributed by atoms with van der Waals surface area (Å²) in [6, 6.07) is 6.25. The number of aromatic amines is 1. The largest absolute Gasteiger partial charge is 0.398 e. The molecule has 3 N–H and O–H groups in total. The van der Waals surface area contributed by atoms with Gasteiger partial charge in [0, 0.05) is 22.3 Å². The number of hydrogen-bond donors (Lipinski definition) is 2. The van der Waals surface area contributed by atoms with Crippen molar-refractivity contribution in [2.45, 2.75) is 26.7 Å². The van der Waals surface area contributed by atoms with Gasteiger partial charge in [0.2, 0.25) is 0 Å². The lowest BCUT2D eigenvalue weighted by Crippen LogP contribution is -1.92. The third kappa shape index (κ3) is 1.27. The third-order valence-electron chi connectivity index (χ3n) is 2.74. The van der Waals surface area contributed by atoms with Gasteiger partial charge in [-0.15, -0.1) is 0 Å². The van der Waals surface area contributed by atoms with Crippen LogP contribution in [0.25, 0.3) is 10.9 Å². The summed E-state index contributed by atoms with van der Waals surface area (Å²) >= 11 is 0. The molecule has 0 radical (unpaired) electrons. The minimum absolute atomic E-state index is 0.904. The Morgan fingerprint density at radius 1 is 1.21 bits per heavy atom.